The molecule has 0 aromatic heterocycles. The highest BCUT2D eigenvalue weighted by Gasteiger charge is 2.48. The Labute approximate surface area is 202 Å². The van der Waals surface area contributed by atoms with Crippen molar-refractivity contribution in [2.24, 2.45) is 11.1 Å². The molecule has 0 radical (unpaired) electrons. The van der Waals surface area contributed by atoms with E-state index in [-0.39, 0.29) is 0 Å². The summed E-state index contributed by atoms with van der Waals surface area (Å²) in [5.74, 6) is -3.49. The van der Waals surface area contributed by atoms with Crippen molar-refractivity contribution in [1.82, 2.24) is 21.3 Å². The number of carboxylic acid groups (broad SMARTS) is 1. The molecule has 11 heteroatoms. The molecule has 0 aliphatic carbocycles. The summed E-state index contributed by atoms with van der Waals surface area (Å²) in [5.41, 5.74) is -2.03. The molecular weight excluding hydrogens is 442 g/mol. The zero-order valence-electron chi connectivity index (χ0n) is 22.6. The van der Waals surface area contributed by atoms with Crippen LogP contribution in [-0.2, 0) is 24.0 Å². The first-order chi connectivity index (χ1) is 14.7. The lowest BCUT2D eigenvalue weighted by Crippen LogP contribution is -2.68. The number of nitrogens with one attached hydrogen (secondary N) is 4. The average molecular weight is 486 g/mol. The summed E-state index contributed by atoms with van der Waals surface area (Å²) in [4.78, 5) is 62.5. The van der Waals surface area contributed by atoms with Gasteiger partial charge in [0.1, 0.15) is 16.6 Å². The number of carboxylic acids is 1. The Balaban J connectivity index is 5.61. The highest BCUT2D eigenvalue weighted by Crippen LogP contribution is 2.32. The van der Waals surface area contributed by atoms with Crippen LogP contribution >= 0.6 is 0 Å². The summed E-state index contributed by atoms with van der Waals surface area (Å²) in [6.45, 7) is 18.1. The lowest BCUT2D eigenvalue weighted by atomic mass is 9.72. The molecule has 4 amide bonds. The van der Waals surface area contributed by atoms with Crippen molar-refractivity contribution in [3.05, 3.63) is 0 Å². The number of carbonyl (C=O) groups is 5. The molecule has 0 aromatic carbocycles. The molecule has 0 aliphatic heterocycles. The van der Waals surface area contributed by atoms with Crippen molar-refractivity contribution < 1.29 is 29.1 Å². The lowest BCUT2D eigenvalue weighted by molar-refractivity contribution is -0.148. The van der Waals surface area contributed by atoms with Crippen molar-refractivity contribution >= 4 is 29.6 Å². The normalized spacial score (nSPS) is 13.6. The molecule has 0 aliphatic rings. The maximum absolute atomic E-state index is 13.2. The Morgan fingerprint density at radius 2 is 0.853 bits per heavy atom. The number of rotatable bonds is 10. The number of amides is 4. The second-order valence-corrected chi connectivity index (χ2v) is 12.0. The number of hydrogen-bond donors (Lipinski definition) is 6. The zero-order chi connectivity index (χ0) is 27.7. The third-order valence-corrected chi connectivity index (χ3v) is 6.09. The Bertz CT molecular complexity index is 850. The molecule has 11 nitrogen and oxygen atoms in total. The highest BCUT2D eigenvalue weighted by molar-refractivity contribution is 5.97. The van der Waals surface area contributed by atoms with E-state index in [1.165, 1.54) is 55.4 Å². The van der Waals surface area contributed by atoms with E-state index in [4.69, 9.17) is 5.73 Å². The molecule has 0 heterocycles. The van der Waals surface area contributed by atoms with Crippen LogP contribution in [0.25, 0.3) is 0 Å². The van der Waals surface area contributed by atoms with E-state index in [2.05, 4.69) is 21.3 Å². The van der Waals surface area contributed by atoms with Crippen LogP contribution in [0, 0.1) is 5.41 Å². The number of nitrogens with two attached hydrogens (primary N) is 1. The van der Waals surface area contributed by atoms with Crippen LogP contribution in [0.2, 0.25) is 0 Å². The highest BCUT2D eigenvalue weighted by atomic mass is 16.4. The van der Waals surface area contributed by atoms with Gasteiger partial charge in [-0.2, -0.15) is 0 Å². The quantitative estimate of drug-likeness (QED) is 0.259. The summed E-state index contributed by atoms with van der Waals surface area (Å²) in [6, 6.07) is 0. The fourth-order valence-electron chi connectivity index (χ4n) is 2.37. The molecule has 0 rings (SSSR count). The van der Waals surface area contributed by atoms with E-state index in [9.17, 15) is 29.1 Å². The van der Waals surface area contributed by atoms with Gasteiger partial charge in [0.05, 0.1) is 11.0 Å². The summed E-state index contributed by atoms with van der Waals surface area (Å²) in [5, 5.41) is 19.7. The molecule has 0 unspecified atom stereocenters. The predicted molar refractivity (Wildman–Crippen MR) is 129 cm³/mol. The maximum Gasteiger partial charge on any atom is 0.328 e. The van der Waals surface area contributed by atoms with Crippen LogP contribution < -0.4 is 27.0 Å². The van der Waals surface area contributed by atoms with Crippen molar-refractivity contribution in [2.75, 3.05) is 0 Å². The Hall–Kier alpha value is -2.69. The van der Waals surface area contributed by atoms with Crippen LogP contribution in [0.15, 0.2) is 0 Å². The van der Waals surface area contributed by atoms with Crippen molar-refractivity contribution in [3.63, 3.8) is 0 Å². The van der Waals surface area contributed by atoms with Crippen LogP contribution in [0.1, 0.15) is 83.1 Å². The zero-order valence-corrected chi connectivity index (χ0v) is 22.6. The van der Waals surface area contributed by atoms with E-state index in [0.29, 0.717) is 0 Å². The van der Waals surface area contributed by atoms with Gasteiger partial charge < -0.3 is 32.1 Å². The molecule has 0 saturated carbocycles. The molecule has 0 aromatic rings. The molecule has 0 fully saturated rings. The van der Waals surface area contributed by atoms with Gasteiger partial charge in [0, 0.05) is 5.54 Å². The van der Waals surface area contributed by atoms with Gasteiger partial charge in [-0.05, 0) is 83.1 Å². The molecule has 7 N–H and O–H groups in total. The summed E-state index contributed by atoms with van der Waals surface area (Å²) in [7, 11) is 0. The van der Waals surface area contributed by atoms with E-state index in [1.54, 1.807) is 27.7 Å². The minimum atomic E-state index is -1.53. The maximum atomic E-state index is 13.2. The van der Waals surface area contributed by atoms with Gasteiger partial charge in [-0.15, -0.1) is 0 Å². The molecular formula is C23H43N5O6. The summed E-state index contributed by atoms with van der Waals surface area (Å²) in [6.07, 6.45) is 0. The predicted octanol–water partition coefficient (Wildman–Crippen LogP) is 0.414. The Morgan fingerprint density at radius 1 is 0.529 bits per heavy atom. The fraction of sp³-hybridized carbons (Fsp3) is 0.783. The first-order valence-electron chi connectivity index (χ1n) is 11.0. The second kappa shape index (κ2) is 9.52. The Morgan fingerprint density at radius 3 is 1.21 bits per heavy atom. The van der Waals surface area contributed by atoms with E-state index in [0.717, 1.165) is 0 Å². The van der Waals surface area contributed by atoms with E-state index in [1.807, 2.05) is 0 Å². The second-order valence-electron chi connectivity index (χ2n) is 12.0. The first-order valence-corrected chi connectivity index (χ1v) is 11.0. The molecule has 0 saturated heterocycles. The van der Waals surface area contributed by atoms with Gasteiger partial charge in [0.15, 0.2) is 0 Å². The number of aliphatic carboxylic acids is 1. The minimum absolute atomic E-state index is 0.514. The third-order valence-electron chi connectivity index (χ3n) is 6.09. The molecule has 34 heavy (non-hydrogen) atoms. The van der Waals surface area contributed by atoms with Crippen LogP contribution in [0.4, 0.5) is 0 Å². The SMILES string of the molecule is CC(C)(N)C(=O)NC(C)(C)C(=O)NC(C)(C)C(C)(C)C(=O)NC(C)(C)C(=O)NC(C)(C)C(=O)O. The van der Waals surface area contributed by atoms with Gasteiger partial charge in [-0.3, -0.25) is 19.2 Å². The summed E-state index contributed by atoms with van der Waals surface area (Å²) >= 11 is 0. The van der Waals surface area contributed by atoms with Crippen molar-refractivity contribution in [2.45, 2.75) is 111 Å². The topological polar surface area (TPSA) is 180 Å². The lowest BCUT2D eigenvalue weighted by Gasteiger charge is -2.44. The van der Waals surface area contributed by atoms with E-state index < -0.39 is 62.7 Å². The van der Waals surface area contributed by atoms with Gasteiger partial charge in [-0.1, -0.05) is 0 Å². The monoisotopic (exact) mass is 485 g/mol. The number of carbonyl (C=O) groups excluding carboxylic acids is 4. The smallest absolute Gasteiger partial charge is 0.328 e. The van der Waals surface area contributed by atoms with Gasteiger partial charge in [0.25, 0.3) is 0 Å². The molecule has 0 bridgehead atoms. The average Bonchev–Trinajstić information content (AvgIpc) is 2.58. The van der Waals surface area contributed by atoms with Crippen LogP contribution in [0.3, 0.4) is 0 Å². The Kier molecular flexibility index (Phi) is 8.76. The van der Waals surface area contributed by atoms with Crippen molar-refractivity contribution in [3.8, 4) is 0 Å². The van der Waals surface area contributed by atoms with Gasteiger partial charge in [0.2, 0.25) is 23.6 Å². The molecule has 196 valence electrons. The molecule has 0 spiro atoms. The molecule has 0 atom stereocenters. The fourth-order valence-corrected chi connectivity index (χ4v) is 2.37. The van der Waals surface area contributed by atoms with E-state index >= 15 is 0 Å². The van der Waals surface area contributed by atoms with Gasteiger partial charge >= 0.3 is 5.97 Å². The largest absolute Gasteiger partial charge is 0.480 e. The van der Waals surface area contributed by atoms with Crippen LogP contribution in [0.5, 0.6) is 0 Å². The first kappa shape index (κ1) is 31.3. The minimum Gasteiger partial charge on any atom is -0.480 e. The number of hydrogen-bond acceptors (Lipinski definition) is 6. The summed E-state index contributed by atoms with van der Waals surface area (Å²) < 4.78 is 0. The van der Waals surface area contributed by atoms with Gasteiger partial charge in [-0.25, -0.2) is 4.79 Å². The van der Waals surface area contributed by atoms with Crippen LogP contribution in [-0.4, -0.2) is 62.4 Å². The standard InChI is InChI=1S/C23H43N5O6/c1-18(2,13(29)25-20(5,6)15(31)27-22(9,10)17(33)34)23(11,12)28-16(32)21(7,8)26-14(30)19(3,4)24/h24H2,1-12H3,(H,25,29)(H,26,30)(H,27,31)(H,28,32)(H,33,34). The third kappa shape index (κ3) is 7.41. The van der Waals surface area contributed by atoms with Crippen molar-refractivity contribution in [1.29, 1.82) is 0 Å².